The van der Waals surface area contributed by atoms with Crippen LogP contribution in [0.2, 0.25) is 0 Å². The van der Waals surface area contributed by atoms with E-state index in [0.29, 0.717) is 29.7 Å². The minimum absolute atomic E-state index is 0.000588. The zero-order valence-electron chi connectivity index (χ0n) is 19.3. The van der Waals surface area contributed by atoms with Gasteiger partial charge in [-0.25, -0.2) is 9.18 Å². The van der Waals surface area contributed by atoms with Gasteiger partial charge in [0, 0.05) is 34.2 Å². The molecular weight excluding hydrogens is 437 g/mol. The van der Waals surface area contributed by atoms with Gasteiger partial charge in [0.15, 0.2) is 5.78 Å². The van der Waals surface area contributed by atoms with E-state index in [1.54, 1.807) is 23.9 Å². The summed E-state index contributed by atoms with van der Waals surface area (Å²) in [5, 5.41) is 3.35. The standard InChI is InChI=1S/C27H28FNO3S/c1-15(2)32-27(31)24-16(3)29-22-13-19(17-5-9-20(28)10-6-17)14-23(30)26(22)25(24)18-7-11-21(33-4)12-8-18/h5-12,15,19,25,29H,13-14H2,1-4H3/t19-,25-/m0/s1. The third kappa shape index (κ3) is 4.76. The highest BCUT2D eigenvalue weighted by atomic mass is 32.2. The molecule has 2 aliphatic rings. The second kappa shape index (κ2) is 9.56. The summed E-state index contributed by atoms with van der Waals surface area (Å²) in [6, 6.07) is 14.3. The van der Waals surface area contributed by atoms with Crippen LogP contribution in [0.3, 0.4) is 0 Å². The lowest BCUT2D eigenvalue weighted by Crippen LogP contribution is -2.36. The van der Waals surface area contributed by atoms with Crippen LogP contribution >= 0.6 is 11.8 Å². The number of rotatable bonds is 5. The van der Waals surface area contributed by atoms with Crippen molar-refractivity contribution in [2.24, 2.45) is 0 Å². The molecule has 0 spiro atoms. The van der Waals surface area contributed by atoms with Gasteiger partial charge in [-0.1, -0.05) is 24.3 Å². The van der Waals surface area contributed by atoms with Crippen molar-refractivity contribution in [2.45, 2.75) is 56.4 Å². The number of ether oxygens (including phenoxy) is 1. The molecule has 2 aromatic carbocycles. The van der Waals surface area contributed by atoms with E-state index in [2.05, 4.69) is 5.32 Å². The number of hydrogen-bond donors (Lipinski definition) is 1. The van der Waals surface area contributed by atoms with Crippen LogP contribution in [0, 0.1) is 5.82 Å². The van der Waals surface area contributed by atoms with Crippen LogP contribution in [0.15, 0.2) is 76.0 Å². The lowest BCUT2D eigenvalue weighted by molar-refractivity contribution is -0.143. The maximum atomic E-state index is 13.5. The van der Waals surface area contributed by atoms with Gasteiger partial charge in [-0.3, -0.25) is 4.79 Å². The molecule has 0 unspecified atom stereocenters. The third-order valence-electron chi connectivity index (χ3n) is 6.18. The minimum Gasteiger partial charge on any atom is -0.460 e. The molecule has 0 aromatic heterocycles. The van der Waals surface area contributed by atoms with Crippen LogP contribution in [-0.2, 0) is 14.3 Å². The molecule has 1 heterocycles. The number of benzene rings is 2. The van der Waals surface area contributed by atoms with Gasteiger partial charge >= 0.3 is 5.97 Å². The molecule has 0 saturated carbocycles. The molecule has 0 fully saturated rings. The molecule has 0 saturated heterocycles. The Morgan fingerprint density at radius 1 is 1.06 bits per heavy atom. The number of carbonyl (C=O) groups is 2. The SMILES string of the molecule is CSc1ccc([C@H]2C(C(=O)OC(C)C)=C(C)NC3=C2C(=O)C[C@@H](c2ccc(F)cc2)C3)cc1. The molecular formula is C27H28FNO3S. The van der Waals surface area contributed by atoms with Crippen molar-refractivity contribution in [3.8, 4) is 0 Å². The molecule has 0 bridgehead atoms. The Morgan fingerprint density at radius 2 is 1.70 bits per heavy atom. The molecule has 2 aromatic rings. The highest BCUT2D eigenvalue weighted by Gasteiger charge is 2.41. The number of hydrogen-bond acceptors (Lipinski definition) is 5. The molecule has 6 heteroatoms. The molecule has 0 radical (unpaired) electrons. The maximum absolute atomic E-state index is 13.5. The predicted molar refractivity (Wildman–Crippen MR) is 128 cm³/mol. The topological polar surface area (TPSA) is 55.4 Å². The zero-order chi connectivity index (χ0) is 23.7. The first-order valence-corrected chi connectivity index (χ1v) is 12.3. The molecule has 1 aliphatic heterocycles. The number of halogens is 1. The first kappa shape index (κ1) is 23.3. The van der Waals surface area contributed by atoms with Crippen molar-refractivity contribution >= 4 is 23.5 Å². The predicted octanol–water partition coefficient (Wildman–Crippen LogP) is 5.86. The van der Waals surface area contributed by atoms with E-state index in [1.165, 1.54) is 12.1 Å². The summed E-state index contributed by atoms with van der Waals surface area (Å²) in [5.41, 5.74) is 4.47. The summed E-state index contributed by atoms with van der Waals surface area (Å²) in [5.74, 6) is -1.23. The maximum Gasteiger partial charge on any atom is 0.337 e. The highest BCUT2D eigenvalue weighted by Crippen LogP contribution is 2.46. The molecule has 4 nitrogen and oxygen atoms in total. The van der Waals surface area contributed by atoms with E-state index in [9.17, 15) is 14.0 Å². The number of allylic oxidation sites excluding steroid dienone is 3. The number of thioether (sulfide) groups is 1. The van der Waals surface area contributed by atoms with Crippen molar-refractivity contribution in [1.82, 2.24) is 5.32 Å². The lowest BCUT2D eigenvalue weighted by atomic mass is 9.72. The van der Waals surface area contributed by atoms with Crippen LogP contribution in [0.5, 0.6) is 0 Å². The van der Waals surface area contributed by atoms with Crippen LogP contribution in [0.1, 0.15) is 56.6 Å². The fourth-order valence-corrected chi connectivity index (χ4v) is 5.10. The van der Waals surface area contributed by atoms with Gasteiger partial charge in [-0.05, 0) is 74.8 Å². The Balaban J connectivity index is 1.78. The minimum atomic E-state index is -0.481. The molecule has 0 amide bonds. The summed E-state index contributed by atoms with van der Waals surface area (Å²) in [6.07, 6.45) is 2.68. The molecule has 33 heavy (non-hydrogen) atoms. The quantitative estimate of drug-likeness (QED) is 0.443. The normalized spacial score (nSPS) is 20.6. The Kier molecular flexibility index (Phi) is 6.75. The second-order valence-corrected chi connectivity index (χ2v) is 9.68. The van der Waals surface area contributed by atoms with Gasteiger partial charge < -0.3 is 10.1 Å². The van der Waals surface area contributed by atoms with Gasteiger partial charge in [0.25, 0.3) is 0 Å². The van der Waals surface area contributed by atoms with Crippen LogP contribution in [0.4, 0.5) is 4.39 Å². The highest BCUT2D eigenvalue weighted by molar-refractivity contribution is 7.98. The van der Waals surface area contributed by atoms with Gasteiger partial charge in [-0.15, -0.1) is 11.8 Å². The zero-order valence-corrected chi connectivity index (χ0v) is 20.1. The van der Waals surface area contributed by atoms with Crippen molar-refractivity contribution in [3.63, 3.8) is 0 Å². The second-order valence-electron chi connectivity index (χ2n) is 8.80. The van der Waals surface area contributed by atoms with E-state index in [0.717, 1.165) is 21.7 Å². The summed E-state index contributed by atoms with van der Waals surface area (Å²) < 4.78 is 19.0. The van der Waals surface area contributed by atoms with Crippen molar-refractivity contribution in [1.29, 1.82) is 0 Å². The first-order valence-electron chi connectivity index (χ1n) is 11.1. The van der Waals surface area contributed by atoms with E-state index in [-0.39, 0.29) is 23.6 Å². The van der Waals surface area contributed by atoms with Crippen LogP contribution in [-0.4, -0.2) is 24.1 Å². The number of esters is 1. The number of dihydropyridines is 1. The van der Waals surface area contributed by atoms with Crippen LogP contribution < -0.4 is 5.32 Å². The fraction of sp³-hybridized carbons (Fsp3) is 0.333. The molecule has 2 atom stereocenters. The Hall–Kier alpha value is -2.86. The van der Waals surface area contributed by atoms with Crippen molar-refractivity contribution in [3.05, 3.63) is 88.0 Å². The van der Waals surface area contributed by atoms with E-state index >= 15 is 0 Å². The Morgan fingerprint density at radius 3 is 2.30 bits per heavy atom. The van der Waals surface area contributed by atoms with Gasteiger partial charge in [0.2, 0.25) is 0 Å². The van der Waals surface area contributed by atoms with E-state index in [4.69, 9.17) is 4.74 Å². The number of carbonyl (C=O) groups excluding carboxylic acids is 2. The lowest BCUT2D eigenvalue weighted by Gasteiger charge is -2.37. The van der Waals surface area contributed by atoms with Crippen LogP contribution in [0.25, 0.3) is 0 Å². The molecule has 172 valence electrons. The van der Waals surface area contributed by atoms with E-state index < -0.39 is 11.9 Å². The smallest absolute Gasteiger partial charge is 0.337 e. The summed E-state index contributed by atoms with van der Waals surface area (Å²) in [7, 11) is 0. The van der Waals surface area contributed by atoms with Crippen molar-refractivity contribution < 1.29 is 18.7 Å². The molecule has 1 aliphatic carbocycles. The Bertz CT molecular complexity index is 1130. The summed E-state index contributed by atoms with van der Waals surface area (Å²) in [4.78, 5) is 27.8. The van der Waals surface area contributed by atoms with Gasteiger partial charge in [0.1, 0.15) is 5.82 Å². The average Bonchev–Trinajstić information content (AvgIpc) is 2.78. The monoisotopic (exact) mass is 465 g/mol. The molecule has 1 N–H and O–H groups in total. The molecule has 4 rings (SSSR count). The number of nitrogens with one attached hydrogen (secondary N) is 1. The van der Waals surface area contributed by atoms with Gasteiger partial charge in [-0.2, -0.15) is 0 Å². The number of Topliss-reactive ketones (excluding diaryl/α,β-unsaturated/α-hetero) is 1. The third-order valence-corrected chi connectivity index (χ3v) is 6.92. The van der Waals surface area contributed by atoms with Gasteiger partial charge in [0.05, 0.1) is 11.7 Å². The fourth-order valence-electron chi connectivity index (χ4n) is 4.69. The largest absolute Gasteiger partial charge is 0.460 e. The summed E-state index contributed by atoms with van der Waals surface area (Å²) in [6.45, 7) is 5.49. The van der Waals surface area contributed by atoms with E-state index in [1.807, 2.05) is 51.3 Å². The first-order chi connectivity index (χ1) is 15.8. The van der Waals surface area contributed by atoms with Crippen molar-refractivity contribution in [2.75, 3.05) is 6.26 Å². The summed E-state index contributed by atoms with van der Waals surface area (Å²) >= 11 is 1.64. The Labute approximate surface area is 198 Å². The average molecular weight is 466 g/mol. The number of ketones is 1.